The molecule has 2 unspecified atom stereocenters. The molecule has 3 heterocycles. The van der Waals surface area contributed by atoms with Gasteiger partial charge in [-0.15, -0.1) is 0 Å². The van der Waals surface area contributed by atoms with Crippen LogP contribution in [0.4, 0.5) is 0 Å². The average molecular weight is 837 g/mol. The van der Waals surface area contributed by atoms with Crippen LogP contribution in [0.15, 0.2) is 176 Å². The van der Waals surface area contributed by atoms with Crippen LogP contribution in [0.5, 0.6) is 0 Å². The maximum atomic E-state index is 2.71. The van der Waals surface area contributed by atoms with Gasteiger partial charge in [0.2, 0.25) is 11.4 Å². The summed E-state index contributed by atoms with van der Waals surface area (Å²) in [6.07, 6.45) is 12.3. The van der Waals surface area contributed by atoms with Crippen LogP contribution in [0.2, 0.25) is 0 Å². The van der Waals surface area contributed by atoms with E-state index in [2.05, 4.69) is 234 Å². The number of aryl methyl sites for hydroxylation is 5. The zero-order chi connectivity index (χ0) is 44.4. The van der Waals surface area contributed by atoms with Gasteiger partial charge >= 0.3 is 0 Å². The average Bonchev–Trinajstić information content (AvgIpc) is 3.34. The summed E-state index contributed by atoms with van der Waals surface area (Å²) in [7, 11) is 2.17. The van der Waals surface area contributed by atoms with Gasteiger partial charge in [-0.05, 0) is 156 Å². The summed E-state index contributed by atoms with van der Waals surface area (Å²) in [5, 5.41) is 0. The second-order valence-electron chi connectivity index (χ2n) is 18.7. The van der Waals surface area contributed by atoms with Crippen molar-refractivity contribution in [2.45, 2.75) is 97.4 Å². The summed E-state index contributed by atoms with van der Waals surface area (Å²) in [4.78, 5) is 0. The van der Waals surface area contributed by atoms with Crippen molar-refractivity contribution in [3.8, 4) is 67.0 Å². The lowest BCUT2D eigenvalue weighted by atomic mass is 9.58. The predicted molar refractivity (Wildman–Crippen MR) is 269 cm³/mol. The van der Waals surface area contributed by atoms with Crippen LogP contribution < -0.4 is 9.13 Å². The van der Waals surface area contributed by atoms with Crippen molar-refractivity contribution in [1.82, 2.24) is 0 Å². The molecule has 64 heavy (non-hydrogen) atoms. The van der Waals surface area contributed by atoms with Crippen molar-refractivity contribution in [3.05, 3.63) is 204 Å². The first-order valence-corrected chi connectivity index (χ1v) is 23.8. The molecule has 6 aromatic carbocycles. The van der Waals surface area contributed by atoms with Crippen LogP contribution >= 0.6 is 0 Å². The third-order valence-electron chi connectivity index (χ3n) is 14.9. The first-order chi connectivity index (χ1) is 31.2. The van der Waals surface area contributed by atoms with Gasteiger partial charge in [0.05, 0.1) is 11.0 Å². The molecule has 0 aliphatic carbocycles. The van der Waals surface area contributed by atoms with Crippen molar-refractivity contribution in [2.75, 3.05) is 0 Å². The first-order valence-electron chi connectivity index (χ1n) is 23.8. The van der Waals surface area contributed by atoms with Crippen LogP contribution in [-0.2, 0) is 30.8 Å². The van der Waals surface area contributed by atoms with E-state index in [-0.39, 0.29) is 11.0 Å². The summed E-state index contributed by atoms with van der Waals surface area (Å²) in [5.41, 5.74) is 21.9. The van der Waals surface area contributed by atoms with Gasteiger partial charge in [0.15, 0.2) is 17.9 Å². The number of hydrogen-bond donors (Lipinski definition) is 0. The molecule has 8 aromatic rings. The van der Waals surface area contributed by atoms with E-state index >= 15 is 0 Å². The molecule has 320 valence electrons. The largest absolute Gasteiger partial charge is 0.215 e. The van der Waals surface area contributed by atoms with Crippen molar-refractivity contribution in [3.63, 3.8) is 0 Å². The molecule has 2 atom stereocenters. The van der Waals surface area contributed by atoms with Crippen LogP contribution in [0.3, 0.4) is 0 Å². The third kappa shape index (κ3) is 7.83. The number of aromatic nitrogens is 2. The number of benzene rings is 6. The minimum Gasteiger partial charge on any atom is -0.201 e. The highest BCUT2D eigenvalue weighted by molar-refractivity contribution is 5.84. The minimum atomic E-state index is -0.129. The van der Waals surface area contributed by atoms with E-state index in [4.69, 9.17) is 0 Å². The molecular formula is C62H64N2+2. The lowest BCUT2D eigenvalue weighted by Crippen LogP contribution is -2.69. The maximum Gasteiger partial charge on any atom is 0.215 e. The first kappa shape index (κ1) is 42.9. The van der Waals surface area contributed by atoms with Crippen LogP contribution in [0.1, 0.15) is 87.6 Å². The summed E-state index contributed by atoms with van der Waals surface area (Å²) < 4.78 is 4.99. The molecule has 0 amide bonds. The van der Waals surface area contributed by atoms with Crippen molar-refractivity contribution in [2.24, 2.45) is 7.05 Å². The van der Waals surface area contributed by atoms with E-state index in [9.17, 15) is 0 Å². The highest BCUT2D eigenvalue weighted by Gasteiger charge is 2.59. The Bertz CT molecular complexity index is 2940. The van der Waals surface area contributed by atoms with E-state index in [0.29, 0.717) is 0 Å². The Morgan fingerprint density at radius 2 is 1.16 bits per heavy atom. The Hall–Kier alpha value is -6.38. The molecule has 2 heteroatoms. The van der Waals surface area contributed by atoms with Crippen LogP contribution in [-0.4, -0.2) is 0 Å². The Morgan fingerprint density at radius 1 is 0.516 bits per heavy atom. The smallest absolute Gasteiger partial charge is 0.201 e. The van der Waals surface area contributed by atoms with Gasteiger partial charge in [0, 0.05) is 41.7 Å². The Labute approximate surface area is 383 Å². The van der Waals surface area contributed by atoms with Gasteiger partial charge in [-0.25, -0.2) is 4.57 Å². The summed E-state index contributed by atoms with van der Waals surface area (Å²) in [6.45, 7) is 14.1. The molecule has 0 bridgehead atoms. The van der Waals surface area contributed by atoms with Crippen LogP contribution in [0, 0.1) is 13.8 Å². The second-order valence-corrected chi connectivity index (χ2v) is 18.7. The van der Waals surface area contributed by atoms with Gasteiger partial charge in [0.1, 0.15) is 7.05 Å². The molecule has 2 nitrogen and oxygen atoms in total. The predicted octanol–water partition coefficient (Wildman–Crippen LogP) is 15.2. The molecule has 9 rings (SSSR count). The SMILES string of the molecule is CCCCc1cccc(-c2cc(-c3ccccc3)cc(-c3cccc(-c4ccc5c(c4)-c4ccc(C)c[n+]4C(CC)(CCc4ccccc4-c4c(C)ccc[n+]4C)C5(C)CC)c3)c2)c1. The van der Waals surface area contributed by atoms with Gasteiger partial charge in [-0.1, -0.05) is 130 Å². The Balaban J connectivity index is 1.12. The molecule has 0 saturated carbocycles. The van der Waals surface area contributed by atoms with Crippen molar-refractivity contribution >= 4 is 0 Å². The molecule has 0 N–H and O–H groups in total. The lowest BCUT2D eigenvalue weighted by molar-refractivity contribution is -0.770. The molecule has 1 aliphatic rings. The quantitative estimate of drug-likeness (QED) is 0.102. The van der Waals surface area contributed by atoms with Gasteiger partial charge in [0.25, 0.3) is 0 Å². The zero-order valence-electron chi connectivity index (χ0n) is 39.1. The standard InChI is InChI=1S/C62H64N2/c1-8-11-21-46-22-17-26-49(37-46)54-39-53(47-23-13-12-14-24-47)40-55(41-54)51-28-18-27-50(38-51)52-31-32-58-57(42-52)59-33-30-44(4)43-64(59)62(10-3,61(58,6)9-2)35-34-48-25-15-16-29-56(48)60-45(5)20-19-36-63(60)7/h12-20,22-33,36-43H,8-11,21,34-35H2,1-7H3/q+2. The molecule has 0 radical (unpaired) electrons. The summed E-state index contributed by atoms with van der Waals surface area (Å²) in [5.74, 6) is 0. The Kier molecular flexibility index (Phi) is 12.1. The van der Waals surface area contributed by atoms with Gasteiger partial charge in [-0.2, -0.15) is 4.57 Å². The third-order valence-corrected chi connectivity index (χ3v) is 14.9. The fourth-order valence-corrected chi connectivity index (χ4v) is 11.2. The fourth-order valence-electron chi connectivity index (χ4n) is 11.2. The number of hydrogen-bond acceptors (Lipinski definition) is 0. The highest BCUT2D eigenvalue weighted by Crippen LogP contribution is 2.52. The summed E-state index contributed by atoms with van der Waals surface area (Å²) >= 11 is 0. The molecule has 1 aliphatic heterocycles. The Morgan fingerprint density at radius 3 is 1.88 bits per heavy atom. The van der Waals surface area contributed by atoms with E-state index in [1.54, 1.807) is 0 Å². The van der Waals surface area contributed by atoms with Crippen molar-refractivity contribution < 1.29 is 9.13 Å². The van der Waals surface area contributed by atoms with Crippen LogP contribution in [0.25, 0.3) is 67.0 Å². The number of unbranched alkanes of at least 4 members (excludes halogenated alkanes) is 1. The van der Waals surface area contributed by atoms with E-state index in [0.717, 1.165) is 32.1 Å². The monoisotopic (exact) mass is 837 g/mol. The normalized spacial score (nSPS) is 16.6. The zero-order valence-corrected chi connectivity index (χ0v) is 39.1. The molecule has 0 spiro atoms. The van der Waals surface area contributed by atoms with Crippen molar-refractivity contribution in [1.29, 1.82) is 0 Å². The second kappa shape index (κ2) is 18.0. The topological polar surface area (TPSA) is 7.76 Å². The molecule has 0 fully saturated rings. The maximum absolute atomic E-state index is 2.71. The van der Waals surface area contributed by atoms with E-state index in [1.165, 1.54) is 108 Å². The van der Waals surface area contributed by atoms with E-state index < -0.39 is 0 Å². The van der Waals surface area contributed by atoms with Gasteiger partial charge in [-0.3, -0.25) is 0 Å². The number of rotatable bonds is 13. The van der Waals surface area contributed by atoms with Gasteiger partial charge < -0.3 is 0 Å². The number of fused-ring (bicyclic) bond motifs is 3. The highest BCUT2D eigenvalue weighted by atomic mass is 15.1. The molecule has 2 aromatic heterocycles. The summed E-state index contributed by atoms with van der Waals surface area (Å²) in [6, 6.07) is 61.9. The number of pyridine rings is 2. The molecule has 0 saturated heterocycles. The molecular weight excluding hydrogens is 773 g/mol. The minimum absolute atomic E-state index is 0.104. The lowest BCUT2D eigenvalue weighted by Gasteiger charge is -2.48. The van der Waals surface area contributed by atoms with E-state index in [1.807, 2.05) is 0 Å². The fraction of sp³-hybridized carbons (Fsp3) is 0.258. The number of nitrogens with zero attached hydrogens (tertiary/aromatic N) is 2.